The van der Waals surface area contributed by atoms with Crippen LogP contribution in [0.25, 0.3) is 0 Å². The van der Waals surface area contributed by atoms with E-state index in [-0.39, 0.29) is 5.97 Å². The second kappa shape index (κ2) is 5.41. The van der Waals surface area contributed by atoms with Gasteiger partial charge in [-0.15, -0.1) is 0 Å². The van der Waals surface area contributed by atoms with Gasteiger partial charge in [0.25, 0.3) is 0 Å². The highest BCUT2D eigenvalue weighted by Crippen LogP contribution is 2.29. The Kier molecular flexibility index (Phi) is 3.89. The summed E-state index contributed by atoms with van der Waals surface area (Å²) in [4.78, 5) is 11.7. The smallest absolute Gasteiger partial charge is 0.340 e. The molecule has 0 spiro atoms. The average Bonchev–Trinajstić information content (AvgIpc) is 2.25. The van der Waals surface area contributed by atoms with Gasteiger partial charge in [0.2, 0.25) is 0 Å². The number of benzene rings is 1. The molecule has 3 nitrogen and oxygen atoms in total. The maximum Gasteiger partial charge on any atom is 0.340 e. The fourth-order valence-corrected chi connectivity index (χ4v) is 2.05. The second-order valence-electron chi connectivity index (χ2n) is 4.45. The maximum atomic E-state index is 11.7. The standard InChI is InChI=1S/C13H16ClNO2/c14-10-4-5-12(15)11(8-10)13(16)17-7-6-9-2-1-3-9/h4-5,8-9H,1-3,6-7,15H2. The van der Waals surface area contributed by atoms with Crippen molar-refractivity contribution in [3.63, 3.8) is 0 Å². The van der Waals surface area contributed by atoms with E-state index < -0.39 is 0 Å². The molecule has 92 valence electrons. The molecule has 1 aliphatic rings. The highest BCUT2D eigenvalue weighted by Gasteiger charge is 2.18. The fraction of sp³-hybridized carbons (Fsp3) is 0.462. The zero-order valence-electron chi connectivity index (χ0n) is 9.62. The van der Waals surface area contributed by atoms with E-state index in [0.717, 1.165) is 12.3 Å². The number of hydrogen-bond acceptors (Lipinski definition) is 3. The van der Waals surface area contributed by atoms with Gasteiger partial charge < -0.3 is 10.5 Å². The summed E-state index contributed by atoms with van der Waals surface area (Å²) in [6, 6.07) is 4.81. The van der Waals surface area contributed by atoms with Gasteiger partial charge in [-0.2, -0.15) is 0 Å². The number of rotatable bonds is 4. The van der Waals surface area contributed by atoms with Crippen molar-refractivity contribution in [1.82, 2.24) is 0 Å². The quantitative estimate of drug-likeness (QED) is 0.662. The summed E-state index contributed by atoms with van der Waals surface area (Å²) in [5, 5.41) is 0.491. The van der Waals surface area contributed by atoms with Gasteiger partial charge in [-0.1, -0.05) is 30.9 Å². The van der Waals surface area contributed by atoms with Gasteiger partial charge in [0, 0.05) is 10.7 Å². The van der Waals surface area contributed by atoms with E-state index in [2.05, 4.69) is 0 Å². The van der Waals surface area contributed by atoms with E-state index in [1.165, 1.54) is 19.3 Å². The minimum Gasteiger partial charge on any atom is -0.462 e. The third-order valence-electron chi connectivity index (χ3n) is 3.22. The topological polar surface area (TPSA) is 52.3 Å². The van der Waals surface area contributed by atoms with Crippen molar-refractivity contribution in [1.29, 1.82) is 0 Å². The molecule has 1 aromatic rings. The molecular formula is C13H16ClNO2. The predicted molar refractivity (Wildman–Crippen MR) is 68.1 cm³/mol. The van der Waals surface area contributed by atoms with Crippen molar-refractivity contribution in [2.75, 3.05) is 12.3 Å². The van der Waals surface area contributed by atoms with Crippen LogP contribution in [0.1, 0.15) is 36.0 Å². The first-order chi connectivity index (χ1) is 8.16. The van der Waals surface area contributed by atoms with Crippen LogP contribution in [0.3, 0.4) is 0 Å². The number of nitrogen functional groups attached to an aromatic ring is 1. The molecule has 0 heterocycles. The third kappa shape index (κ3) is 3.13. The average molecular weight is 254 g/mol. The van der Waals surface area contributed by atoms with Crippen LogP contribution in [0.2, 0.25) is 5.02 Å². The van der Waals surface area contributed by atoms with Gasteiger partial charge in [0.15, 0.2) is 0 Å². The van der Waals surface area contributed by atoms with Crippen LogP contribution >= 0.6 is 11.6 Å². The van der Waals surface area contributed by atoms with Crippen LogP contribution in [-0.2, 0) is 4.74 Å². The molecule has 0 saturated heterocycles. The van der Waals surface area contributed by atoms with Crippen molar-refractivity contribution >= 4 is 23.3 Å². The molecule has 0 aromatic heterocycles. The monoisotopic (exact) mass is 253 g/mol. The molecule has 1 fully saturated rings. The first kappa shape index (κ1) is 12.2. The molecule has 1 aliphatic carbocycles. The highest BCUT2D eigenvalue weighted by atomic mass is 35.5. The molecule has 0 radical (unpaired) electrons. The van der Waals surface area contributed by atoms with Crippen molar-refractivity contribution in [3.8, 4) is 0 Å². The molecule has 0 atom stereocenters. The van der Waals surface area contributed by atoms with Gasteiger partial charge in [0.1, 0.15) is 0 Å². The van der Waals surface area contributed by atoms with Gasteiger partial charge in [-0.05, 0) is 30.5 Å². The van der Waals surface area contributed by atoms with Crippen LogP contribution in [-0.4, -0.2) is 12.6 Å². The minimum absolute atomic E-state index is 0.353. The molecule has 1 saturated carbocycles. The first-order valence-electron chi connectivity index (χ1n) is 5.89. The molecule has 4 heteroatoms. The molecule has 0 amide bonds. The molecule has 1 aromatic carbocycles. The van der Waals surface area contributed by atoms with Crippen molar-refractivity contribution < 1.29 is 9.53 Å². The van der Waals surface area contributed by atoms with Crippen LogP contribution in [0, 0.1) is 5.92 Å². The summed E-state index contributed by atoms with van der Waals surface area (Å²) in [6.45, 7) is 0.468. The second-order valence-corrected chi connectivity index (χ2v) is 4.89. The number of carbonyl (C=O) groups excluding carboxylic acids is 1. The molecular weight excluding hydrogens is 238 g/mol. The Labute approximate surface area is 106 Å². The number of ether oxygens (including phenoxy) is 1. The summed E-state index contributed by atoms with van der Waals surface area (Å²) < 4.78 is 5.19. The van der Waals surface area contributed by atoms with Gasteiger partial charge >= 0.3 is 5.97 Å². The molecule has 0 bridgehead atoms. The number of hydrogen-bond donors (Lipinski definition) is 1. The molecule has 0 unspecified atom stereocenters. The fourth-order valence-electron chi connectivity index (χ4n) is 1.88. The Balaban J connectivity index is 1.87. The molecule has 2 rings (SSSR count). The number of halogens is 1. The summed E-state index contributed by atoms with van der Waals surface area (Å²) in [5.74, 6) is 0.351. The lowest BCUT2D eigenvalue weighted by Crippen LogP contribution is -2.16. The number of nitrogens with two attached hydrogens (primary N) is 1. The summed E-state index contributed by atoms with van der Waals surface area (Å²) >= 11 is 5.81. The van der Waals surface area contributed by atoms with Crippen LogP contribution in [0.4, 0.5) is 5.69 Å². The van der Waals surface area contributed by atoms with E-state index in [0.29, 0.717) is 22.9 Å². The van der Waals surface area contributed by atoms with E-state index in [9.17, 15) is 4.79 Å². The summed E-state index contributed by atoms with van der Waals surface area (Å²) in [5.41, 5.74) is 6.46. The lowest BCUT2D eigenvalue weighted by atomic mass is 9.83. The summed E-state index contributed by atoms with van der Waals surface area (Å²) in [7, 11) is 0. The largest absolute Gasteiger partial charge is 0.462 e. The van der Waals surface area contributed by atoms with Gasteiger partial charge in [0.05, 0.1) is 12.2 Å². The Hall–Kier alpha value is -1.22. The Morgan fingerprint density at radius 3 is 2.88 bits per heavy atom. The lowest BCUT2D eigenvalue weighted by molar-refractivity contribution is 0.0465. The van der Waals surface area contributed by atoms with Crippen molar-refractivity contribution in [2.24, 2.45) is 5.92 Å². The molecule has 2 N–H and O–H groups in total. The Morgan fingerprint density at radius 2 is 2.24 bits per heavy atom. The number of esters is 1. The number of carbonyl (C=O) groups is 1. The zero-order chi connectivity index (χ0) is 12.3. The van der Waals surface area contributed by atoms with E-state index in [1.54, 1.807) is 18.2 Å². The number of anilines is 1. The third-order valence-corrected chi connectivity index (χ3v) is 3.45. The van der Waals surface area contributed by atoms with Crippen molar-refractivity contribution in [2.45, 2.75) is 25.7 Å². The van der Waals surface area contributed by atoms with E-state index in [1.807, 2.05) is 0 Å². The summed E-state index contributed by atoms with van der Waals surface area (Å²) in [6.07, 6.45) is 4.78. The lowest BCUT2D eigenvalue weighted by Gasteiger charge is -2.24. The van der Waals surface area contributed by atoms with E-state index >= 15 is 0 Å². The van der Waals surface area contributed by atoms with Crippen LogP contribution < -0.4 is 5.73 Å². The first-order valence-corrected chi connectivity index (χ1v) is 6.27. The predicted octanol–water partition coefficient (Wildman–Crippen LogP) is 3.27. The normalized spacial score (nSPS) is 15.4. The maximum absolute atomic E-state index is 11.7. The molecule has 0 aliphatic heterocycles. The molecule has 17 heavy (non-hydrogen) atoms. The Morgan fingerprint density at radius 1 is 1.47 bits per heavy atom. The zero-order valence-corrected chi connectivity index (χ0v) is 10.4. The highest BCUT2D eigenvalue weighted by molar-refractivity contribution is 6.31. The van der Waals surface area contributed by atoms with Crippen LogP contribution in [0.5, 0.6) is 0 Å². The van der Waals surface area contributed by atoms with E-state index in [4.69, 9.17) is 22.1 Å². The van der Waals surface area contributed by atoms with Gasteiger partial charge in [-0.25, -0.2) is 4.79 Å². The van der Waals surface area contributed by atoms with Crippen molar-refractivity contribution in [3.05, 3.63) is 28.8 Å². The SMILES string of the molecule is Nc1ccc(Cl)cc1C(=O)OCCC1CCC1. The van der Waals surface area contributed by atoms with Crippen LogP contribution in [0.15, 0.2) is 18.2 Å². The minimum atomic E-state index is -0.385. The Bertz CT molecular complexity index is 416. The van der Waals surface area contributed by atoms with Gasteiger partial charge in [-0.3, -0.25) is 0 Å².